The first-order valence-electron chi connectivity index (χ1n) is 6.03. The predicted molar refractivity (Wildman–Crippen MR) is 79.6 cm³/mol. The summed E-state index contributed by atoms with van der Waals surface area (Å²) in [6, 6.07) is 17.1. The quantitative estimate of drug-likeness (QED) is 0.848. The third-order valence-electron chi connectivity index (χ3n) is 2.81. The Hall–Kier alpha value is -1.65. The smallest absolute Gasteiger partial charge is 0.265 e. The molecule has 1 atom stereocenters. The maximum Gasteiger partial charge on any atom is 0.265 e. The zero-order valence-electron chi connectivity index (χ0n) is 10.6. The predicted octanol–water partition coefficient (Wildman–Crippen LogP) is 3.44. The lowest BCUT2D eigenvalue weighted by Gasteiger charge is -2.15. The van der Waals surface area contributed by atoms with Crippen LogP contribution in [0.4, 0.5) is 0 Å². The minimum absolute atomic E-state index is 0.0424. The van der Waals surface area contributed by atoms with E-state index in [0.29, 0.717) is 5.56 Å². The number of amides is 1. The van der Waals surface area contributed by atoms with Crippen LogP contribution in [0.25, 0.3) is 0 Å². The van der Waals surface area contributed by atoms with Crippen LogP contribution in [0.5, 0.6) is 0 Å². The fourth-order valence-corrected chi connectivity index (χ4v) is 1.93. The molecule has 0 saturated heterocycles. The summed E-state index contributed by atoms with van der Waals surface area (Å²) >= 11 is 3.40. The normalized spacial score (nSPS) is 11.9. The Labute approximate surface area is 121 Å². The van der Waals surface area contributed by atoms with Gasteiger partial charge in [-0.1, -0.05) is 46.3 Å². The molecular weight excluding hydrogens is 304 g/mol. The Morgan fingerprint density at radius 2 is 1.68 bits per heavy atom. The molecule has 4 heteroatoms. The van der Waals surface area contributed by atoms with Crippen LogP contribution in [-0.4, -0.2) is 5.91 Å². The minimum atomic E-state index is -0.135. The largest absolute Gasteiger partial charge is 0.287 e. The van der Waals surface area contributed by atoms with E-state index in [4.69, 9.17) is 0 Å². The average molecular weight is 319 g/mol. The van der Waals surface area contributed by atoms with E-state index in [1.54, 1.807) is 12.1 Å². The van der Waals surface area contributed by atoms with Gasteiger partial charge in [-0.25, -0.2) is 5.43 Å². The molecule has 19 heavy (non-hydrogen) atoms. The molecule has 2 rings (SSSR count). The SMILES string of the molecule is C[C@H](NNC(=O)c1ccccc1)c1ccc(Br)cc1. The number of nitrogens with one attached hydrogen (secondary N) is 2. The van der Waals surface area contributed by atoms with E-state index >= 15 is 0 Å². The third-order valence-corrected chi connectivity index (χ3v) is 3.34. The Kier molecular flexibility index (Phi) is 4.71. The van der Waals surface area contributed by atoms with Gasteiger partial charge in [0.05, 0.1) is 0 Å². The molecule has 0 bridgehead atoms. The highest BCUT2D eigenvalue weighted by atomic mass is 79.9. The highest BCUT2D eigenvalue weighted by molar-refractivity contribution is 9.10. The number of carbonyl (C=O) groups is 1. The lowest BCUT2D eigenvalue weighted by molar-refractivity contribution is 0.0926. The minimum Gasteiger partial charge on any atom is -0.287 e. The zero-order valence-corrected chi connectivity index (χ0v) is 12.1. The Balaban J connectivity index is 1.92. The molecule has 2 aromatic rings. The molecular formula is C15H15BrN2O. The summed E-state index contributed by atoms with van der Waals surface area (Å²) in [5.41, 5.74) is 7.46. The van der Waals surface area contributed by atoms with Crippen molar-refractivity contribution in [1.82, 2.24) is 10.9 Å². The molecule has 2 N–H and O–H groups in total. The second kappa shape index (κ2) is 6.50. The van der Waals surface area contributed by atoms with Crippen LogP contribution in [0.3, 0.4) is 0 Å². The Morgan fingerprint density at radius 3 is 2.32 bits per heavy atom. The van der Waals surface area contributed by atoms with Crippen molar-refractivity contribution < 1.29 is 4.79 Å². The standard InChI is InChI=1S/C15H15BrN2O/c1-11(12-7-9-14(16)10-8-12)17-18-15(19)13-5-3-2-4-6-13/h2-11,17H,1H3,(H,18,19)/t11-/m0/s1. The monoisotopic (exact) mass is 318 g/mol. The molecule has 0 saturated carbocycles. The molecule has 0 radical (unpaired) electrons. The topological polar surface area (TPSA) is 41.1 Å². The van der Waals surface area contributed by atoms with Gasteiger partial charge in [0, 0.05) is 16.1 Å². The van der Waals surface area contributed by atoms with Gasteiger partial charge in [-0.05, 0) is 36.8 Å². The molecule has 0 aliphatic rings. The van der Waals surface area contributed by atoms with Crippen molar-refractivity contribution in [3.63, 3.8) is 0 Å². The van der Waals surface area contributed by atoms with Crippen LogP contribution in [0, 0.1) is 0 Å². The van der Waals surface area contributed by atoms with E-state index < -0.39 is 0 Å². The number of benzene rings is 2. The summed E-state index contributed by atoms with van der Waals surface area (Å²) in [4.78, 5) is 11.9. The number of rotatable bonds is 4. The average Bonchev–Trinajstić information content (AvgIpc) is 2.46. The van der Waals surface area contributed by atoms with Gasteiger partial charge in [-0.3, -0.25) is 10.2 Å². The molecule has 0 spiro atoms. The van der Waals surface area contributed by atoms with Crippen LogP contribution in [0.2, 0.25) is 0 Å². The number of hydrazine groups is 1. The van der Waals surface area contributed by atoms with Crippen molar-refractivity contribution in [3.8, 4) is 0 Å². The van der Waals surface area contributed by atoms with E-state index in [1.807, 2.05) is 49.4 Å². The highest BCUT2D eigenvalue weighted by Gasteiger charge is 2.08. The fourth-order valence-electron chi connectivity index (χ4n) is 1.67. The summed E-state index contributed by atoms with van der Waals surface area (Å²) in [5.74, 6) is -0.135. The second-order valence-electron chi connectivity index (χ2n) is 4.24. The number of halogens is 1. The molecule has 1 amide bonds. The summed E-state index contributed by atoms with van der Waals surface area (Å²) in [6.45, 7) is 1.99. The van der Waals surface area contributed by atoms with E-state index in [-0.39, 0.29) is 11.9 Å². The molecule has 0 unspecified atom stereocenters. The van der Waals surface area contributed by atoms with Crippen LogP contribution < -0.4 is 10.9 Å². The summed E-state index contributed by atoms with van der Waals surface area (Å²) < 4.78 is 1.04. The van der Waals surface area contributed by atoms with E-state index in [2.05, 4.69) is 26.8 Å². The van der Waals surface area contributed by atoms with Crippen LogP contribution in [-0.2, 0) is 0 Å². The van der Waals surface area contributed by atoms with Crippen LogP contribution in [0.15, 0.2) is 59.1 Å². The molecule has 0 heterocycles. The zero-order chi connectivity index (χ0) is 13.7. The van der Waals surface area contributed by atoms with Gasteiger partial charge in [0.2, 0.25) is 0 Å². The van der Waals surface area contributed by atoms with Gasteiger partial charge in [0.1, 0.15) is 0 Å². The number of hydrogen-bond donors (Lipinski definition) is 2. The molecule has 0 fully saturated rings. The molecule has 0 aliphatic carbocycles. The first kappa shape index (κ1) is 13.8. The van der Waals surface area contributed by atoms with Crippen molar-refractivity contribution >= 4 is 21.8 Å². The fraction of sp³-hybridized carbons (Fsp3) is 0.133. The van der Waals surface area contributed by atoms with E-state index in [9.17, 15) is 4.79 Å². The maximum atomic E-state index is 11.9. The Bertz CT molecular complexity index is 540. The van der Waals surface area contributed by atoms with E-state index in [1.165, 1.54) is 0 Å². The van der Waals surface area contributed by atoms with Gasteiger partial charge < -0.3 is 0 Å². The second-order valence-corrected chi connectivity index (χ2v) is 5.15. The molecule has 2 aromatic carbocycles. The van der Waals surface area contributed by atoms with Gasteiger partial charge in [0.15, 0.2) is 0 Å². The van der Waals surface area contributed by atoms with Crippen LogP contribution in [0.1, 0.15) is 28.9 Å². The first-order valence-corrected chi connectivity index (χ1v) is 6.82. The molecule has 98 valence electrons. The van der Waals surface area contributed by atoms with Gasteiger partial charge in [-0.15, -0.1) is 0 Å². The summed E-state index contributed by atoms with van der Waals surface area (Å²) in [6.07, 6.45) is 0. The first-order chi connectivity index (χ1) is 9.16. The summed E-state index contributed by atoms with van der Waals surface area (Å²) in [5, 5.41) is 0. The summed E-state index contributed by atoms with van der Waals surface area (Å²) in [7, 11) is 0. The molecule has 3 nitrogen and oxygen atoms in total. The maximum absolute atomic E-state index is 11.9. The number of carbonyl (C=O) groups excluding carboxylic acids is 1. The lowest BCUT2D eigenvalue weighted by atomic mass is 10.1. The van der Waals surface area contributed by atoms with Gasteiger partial charge >= 0.3 is 0 Å². The van der Waals surface area contributed by atoms with Crippen molar-refractivity contribution in [2.24, 2.45) is 0 Å². The highest BCUT2D eigenvalue weighted by Crippen LogP contribution is 2.15. The van der Waals surface area contributed by atoms with Crippen molar-refractivity contribution in [2.75, 3.05) is 0 Å². The number of hydrogen-bond acceptors (Lipinski definition) is 2. The van der Waals surface area contributed by atoms with Crippen molar-refractivity contribution in [2.45, 2.75) is 13.0 Å². The van der Waals surface area contributed by atoms with Crippen molar-refractivity contribution in [1.29, 1.82) is 0 Å². The molecule has 0 aromatic heterocycles. The van der Waals surface area contributed by atoms with Gasteiger partial charge in [-0.2, -0.15) is 0 Å². The van der Waals surface area contributed by atoms with Gasteiger partial charge in [0.25, 0.3) is 5.91 Å². The van der Waals surface area contributed by atoms with E-state index in [0.717, 1.165) is 10.0 Å². The lowest BCUT2D eigenvalue weighted by Crippen LogP contribution is -2.38. The third kappa shape index (κ3) is 3.91. The Morgan fingerprint density at radius 1 is 1.05 bits per heavy atom. The molecule has 0 aliphatic heterocycles. The van der Waals surface area contributed by atoms with Crippen molar-refractivity contribution in [3.05, 3.63) is 70.2 Å². The van der Waals surface area contributed by atoms with Crippen LogP contribution >= 0.6 is 15.9 Å².